The molecule has 0 radical (unpaired) electrons. The third-order valence-corrected chi connectivity index (χ3v) is 4.71. The van der Waals surface area contributed by atoms with Crippen molar-refractivity contribution in [3.63, 3.8) is 0 Å². The van der Waals surface area contributed by atoms with Crippen molar-refractivity contribution >= 4 is 23.0 Å². The third-order valence-electron chi connectivity index (χ3n) is 4.71. The minimum Gasteiger partial charge on any atom is -0.465 e. The highest BCUT2D eigenvalue weighted by molar-refractivity contribution is 6.02. The second kappa shape index (κ2) is 8.42. The number of imidazole rings is 1. The molecule has 0 aliphatic heterocycles. The number of aromatic nitrogens is 4. The van der Waals surface area contributed by atoms with Gasteiger partial charge in [-0.25, -0.2) is 23.7 Å². The van der Waals surface area contributed by atoms with E-state index >= 15 is 0 Å². The maximum atomic E-state index is 13.5. The summed E-state index contributed by atoms with van der Waals surface area (Å²) >= 11 is 0. The summed E-state index contributed by atoms with van der Waals surface area (Å²) in [6.07, 6.45) is 0. The second-order valence-electron chi connectivity index (χ2n) is 6.78. The Bertz CT molecular complexity index is 1380. The Labute approximate surface area is 180 Å². The van der Waals surface area contributed by atoms with Gasteiger partial charge >= 0.3 is 11.7 Å². The molecule has 0 saturated carbocycles. The second-order valence-corrected chi connectivity index (χ2v) is 6.78. The van der Waals surface area contributed by atoms with E-state index in [4.69, 9.17) is 10.5 Å². The van der Waals surface area contributed by atoms with Gasteiger partial charge in [0, 0.05) is 5.56 Å². The van der Waals surface area contributed by atoms with Crippen LogP contribution in [0.15, 0.2) is 59.4 Å². The number of rotatable bonds is 6. The molecule has 0 unspecified atom stereocenters. The third kappa shape index (κ3) is 3.73. The lowest BCUT2D eigenvalue weighted by molar-refractivity contribution is -0.143. The van der Waals surface area contributed by atoms with Crippen molar-refractivity contribution in [3.05, 3.63) is 76.6 Å². The summed E-state index contributed by atoms with van der Waals surface area (Å²) in [5.74, 6) is -1.91. The highest BCUT2D eigenvalue weighted by Gasteiger charge is 2.25. The Kier molecular flexibility index (Phi) is 5.50. The van der Waals surface area contributed by atoms with Crippen LogP contribution in [-0.2, 0) is 16.1 Å². The summed E-state index contributed by atoms with van der Waals surface area (Å²) in [7, 11) is 0. The average molecular weight is 435 g/mol. The lowest BCUT2D eigenvalue weighted by atomic mass is 10.2. The molecular formula is C22H18FN5O4. The van der Waals surface area contributed by atoms with E-state index in [0.717, 1.165) is 4.57 Å². The number of carbonyl (C=O) groups excluding carboxylic acids is 2. The first-order valence-electron chi connectivity index (χ1n) is 9.70. The predicted molar refractivity (Wildman–Crippen MR) is 114 cm³/mol. The fraction of sp³-hybridized carbons (Fsp3) is 0.136. The smallest absolute Gasteiger partial charge is 0.335 e. The quantitative estimate of drug-likeness (QED) is 0.463. The number of benzene rings is 2. The zero-order valence-corrected chi connectivity index (χ0v) is 17.0. The molecule has 10 heteroatoms. The molecule has 4 aromatic rings. The van der Waals surface area contributed by atoms with E-state index in [-0.39, 0.29) is 35.0 Å². The number of hydrogen-bond acceptors (Lipinski definition) is 6. The fourth-order valence-corrected chi connectivity index (χ4v) is 3.35. The summed E-state index contributed by atoms with van der Waals surface area (Å²) in [5, 5.41) is 0. The van der Waals surface area contributed by atoms with Crippen molar-refractivity contribution < 1.29 is 18.7 Å². The SMILES string of the molecule is CCOC(=O)Cn1c(=O)n(-c2ccc(F)cc2)c2nc(-c3ccccc3)nc(C(N)=O)c21. The van der Waals surface area contributed by atoms with Gasteiger partial charge in [0.05, 0.1) is 12.3 Å². The molecule has 1 amide bonds. The largest absolute Gasteiger partial charge is 0.465 e. The first kappa shape index (κ1) is 20.9. The number of esters is 1. The van der Waals surface area contributed by atoms with Gasteiger partial charge in [0.2, 0.25) is 0 Å². The topological polar surface area (TPSA) is 122 Å². The molecule has 162 valence electrons. The maximum absolute atomic E-state index is 13.5. The molecule has 2 aromatic carbocycles. The number of nitrogens with zero attached hydrogens (tertiary/aromatic N) is 4. The predicted octanol–water partition coefficient (Wildman–Crippen LogP) is 2.05. The van der Waals surface area contributed by atoms with Crippen molar-refractivity contribution in [2.24, 2.45) is 5.73 Å². The van der Waals surface area contributed by atoms with Gasteiger partial charge < -0.3 is 10.5 Å². The van der Waals surface area contributed by atoms with Crippen LogP contribution in [0.5, 0.6) is 0 Å². The number of hydrogen-bond donors (Lipinski definition) is 1. The van der Waals surface area contributed by atoms with Crippen molar-refractivity contribution in [2.75, 3.05) is 6.61 Å². The van der Waals surface area contributed by atoms with Crippen LogP contribution in [0.4, 0.5) is 4.39 Å². The molecule has 32 heavy (non-hydrogen) atoms. The number of carbonyl (C=O) groups is 2. The van der Waals surface area contributed by atoms with Crippen LogP contribution in [0.1, 0.15) is 17.4 Å². The Morgan fingerprint density at radius 3 is 2.38 bits per heavy atom. The van der Waals surface area contributed by atoms with Crippen molar-refractivity contribution in [2.45, 2.75) is 13.5 Å². The van der Waals surface area contributed by atoms with Crippen molar-refractivity contribution in [1.29, 1.82) is 0 Å². The fourth-order valence-electron chi connectivity index (χ4n) is 3.35. The summed E-state index contributed by atoms with van der Waals surface area (Å²) in [6.45, 7) is 1.26. The van der Waals surface area contributed by atoms with Crippen LogP contribution in [-0.4, -0.2) is 37.6 Å². The molecule has 4 rings (SSSR count). The standard InChI is InChI=1S/C22H18FN5O4/c1-2-32-16(29)12-27-18-17(19(24)30)25-20(13-6-4-3-5-7-13)26-21(18)28(22(27)31)15-10-8-14(23)9-11-15/h3-11H,2,12H2,1H3,(H2,24,30). The molecule has 0 bridgehead atoms. The summed E-state index contributed by atoms with van der Waals surface area (Å²) in [6, 6.07) is 14.0. The molecule has 0 aliphatic rings. The van der Waals surface area contributed by atoms with Crippen molar-refractivity contribution in [3.8, 4) is 17.1 Å². The Hall–Kier alpha value is -4.34. The van der Waals surface area contributed by atoms with Crippen LogP contribution in [0.2, 0.25) is 0 Å². The zero-order chi connectivity index (χ0) is 22.8. The van der Waals surface area contributed by atoms with Gasteiger partial charge in [-0.3, -0.25) is 14.2 Å². The monoisotopic (exact) mass is 435 g/mol. The molecule has 0 aliphatic carbocycles. The van der Waals surface area contributed by atoms with E-state index in [9.17, 15) is 18.8 Å². The normalized spacial score (nSPS) is 10.9. The maximum Gasteiger partial charge on any atom is 0.335 e. The van der Waals surface area contributed by atoms with E-state index in [0.29, 0.717) is 5.56 Å². The van der Waals surface area contributed by atoms with Gasteiger partial charge in [-0.15, -0.1) is 0 Å². The molecule has 0 atom stereocenters. The summed E-state index contributed by atoms with van der Waals surface area (Å²) in [5.41, 5.74) is 5.59. The molecule has 0 spiro atoms. The van der Waals surface area contributed by atoms with Crippen molar-refractivity contribution in [1.82, 2.24) is 19.1 Å². The minimum absolute atomic E-state index is 0.0143. The van der Waals surface area contributed by atoms with Crippen LogP contribution in [0, 0.1) is 5.82 Å². The highest BCUT2D eigenvalue weighted by atomic mass is 19.1. The van der Waals surface area contributed by atoms with Gasteiger partial charge in [0.15, 0.2) is 17.2 Å². The number of ether oxygens (including phenoxy) is 1. The van der Waals surface area contributed by atoms with Crippen LogP contribution in [0.3, 0.4) is 0 Å². The number of nitrogens with two attached hydrogens (primary N) is 1. The van der Waals surface area contributed by atoms with E-state index in [1.54, 1.807) is 37.3 Å². The van der Waals surface area contributed by atoms with Crippen LogP contribution in [0.25, 0.3) is 28.2 Å². The van der Waals surface area contributed by atoms with Gasteiger partial charge in [0.1, 0.15) is 17.9 Å². The lowest BCUT2D eigenvalue weighted by Crippen LogP contribution is -2.28. The Morgan fingerprint density at radius 1 is 1.06 bits per heavy atom. The summed E-state index contributed by atoms with van der Waals surface area (Å²) < 4.78 is 20.7. The van der Waals surface area contributed by atoms with Gasteiger partial charge in [-0.05, 0) is 31.2 Å². The molecule has 0 fully saturated rings. The number of fused-ring (bicyclic) bond motifs is 1. The zero-order valence-electron chi connectivity index (χ0n) is 17.0. The van der Waals surface area contributed by atoms with E-state index in [1.807, 2.05) is 0 Å². The van der Waals surface area contributed by atoms with Gasteiger partial charge in [-0.2, -0.15) is 0 Å². The molecule has 2 aromatic heterocycles. The molecule has 9 nitrogen and oxygen atoms in total. The van der Waals surface area contributed by atoms with Gasteiger partial charge in [0.25, 0.3) is 5.91 Å². The van der Waals surface area contributed by atoms with Crippen LogP contribution >= 0.6 is 0 Å². The van der Waals surface area contributed by atoms with Crippen LogP contribution < -0.4 is 11.4 Å². The van der Waals surface area contributed by atoms with E-state index in [2.05, 4.69) is 9.97 Å². The Balaban J connectivity index is 2.08. The molecule has 2 N–H and O–H groups in total. The lowest BCUT2D eigenvalue weighted by Gasteiger charge is -2.07. The summed E-state index contributed by atoms with van der Waals surface area (Å²) in [4.78, 5) is 46.6. The van der Waals surface area contributed by atoms with Gasteiger partial charge in [-0.1, -0.05) is 30.3 Å². The number of amides is 1. The van der Waals surface area contributed by atoms with E-state index < -0.39 is 29.9 Å². The van der Waals surface area contributed by atoms with E-state index in [1.165, 1.54) is 28.8 Å². The molecular weight excluding hydrogens is 417 g/mol. The minimum atomic E-state index is -0.900. The first-order chi connectivity index (χ1) is 15.4. The highest BCUT2D eigenvalue weighted by Crippen LogP contribution is 2.23. The first-order valence-corrected chi connectivity index (χ1v) is 9.70. The molecule has 0 saturated heterocycles. The average Bonchev–Trinajstić information content (AvgIpc) is 3.05. The Morgan fingerprint density at radius 2 is 1.75 bits per heavy atom. The number of halogens is 1. The number of primary amides is 1. The molecule has 2 heterocycles.